The average molecular weight is 275 g/mol. The standard InChI is InChI=1S/C17H25NO2/c1-13(18-11-17(19-2)8-9-20-12-17)15-7-6-14-4-3-5-16(14)10-15/h6-7,10,13,18H,3-5,8-9,11-12H2,1-2H3. The summed E-state index contributed by atoms with van der Waals surface area (Å²) in [6.07, 6.45) is 4.78. The number of methoxy groups -OCH3 is 1. The number of hydrogen-bond donors (Lipinski definition) is 1. The molecule has 1 aromatic carbocycles. The minimum atomic E-state index is -0.134. The fraction of sp³-hybridized carbons (Fsp3) is 0.647. The van der Waals surface area contributed by atoms with E-state index in [0.717, 1.165) is 19.6 Å². The number of rotatable bonds is 5. The highest BCUT2D eigenvalue weighted by atomic mass is 16.5. The minimum Gasteiger partial charge on any atom is -0.378 e. The molecule has 3 nitrogen and oxygen atoms in total. The second-order valence-corrected chi connectivity index (χ2v) is 6.17. The Kier molecular flexibility index (Phi) is 4.11. The lowest BCUT2D eigenvalue weighted by molar-refractivity contribution is -0.0172. The molecule has 3 rings (SSSR count). The van der Waals surface area contributed by atoms with Crippen LogP contribution in [-0.4, -0.2) is 32.5 Å². The monoisotopic (exact) mass is 275 g/mol. The molecule has 3 heteroatoms. The summed E-state index contributed by atoms with van der Waals surface area (Å²) in [4.78, 5) is 0. The normalized spacial score (nSPS) is 26.7. The van der Waals surface area contributed by atoms with Crippen LogP contribution in [0, 0.1) is 0 Å². The van der Waals surface area contributed by atoms with Crippen LogP contribution in [0.15, 0.2) is 18.2 Å². The largest absolute Gasteiger partial charge is 0.378 e. The van der Waals surface area contributed by atoms with Crippen LogP contribution in [-0.2, 0) is 22.3 Å². The highest BCUT2D eigenvalue weighted by molar-refractivity contribution is 5.36. The second-order valence-electron chi connectivity index (χ2n) is 6.17. The minimum absolute atomic E-state index is 0.134. The van der Waals surface area contributed by atoms with Crippen molar-refractivity contribution in [1.82, 2.24) is 5.32 Å². The van der Waals surface area contributed by atoms with Gasteiger partial charge in [-0.2, -0.15) is 0 Å². The van der Waals surface area contributed by atoms with Crippen LogP contribution in [0.1, 0.15) is 42.5 Å². The third kappa shape index (κ3) is 2.76. The van der Waals surface area contributed by atoms with Crippen LogP contribution >= 0.6 is 0 Å². The van der Waals surface area contributed by atoms with Crippen molar-refractivity contribution in [3.05, 3.63) is 34.9 Å². The van der Waals surface area contributed by atoms with Gasteiger partial charge in [0.1, 0.15) is 5.60 Å². The van der Waals surface area contributed by atoms with E-state index in [1.807, 2.05) is 0 Å². The number of benzene rings is 1. The zero-order valence-corrected chi connectivity index (χ0v) is 12.6. The van der Waals surface area contributed by atoms with Crippen LogP contribution in [0.2, 0.25) is 0 Å². The van der Waals surface area contributed by atoms with Gasteiger partial charge in [0.15, 0.2) is 0 Å². The molecule has 2 aliphatic rings. The fourth-order valence-corrected chi connectivity index (χ4v) is 3.28. The van der Waals surface area contributed by atoms with Gasteiger partial charge in [0.05, 0.1) is 6.61 Å². The summed E-state index contributed by atoms with van der Waals surface area (Å²) >= 11 is 0. The number of ether oxygens (including phenoxy) is 2. The molecule has 1 fully saturated rings. The molecule has 2 atom stereocenters. The van der Waals surface area contributed by atoms with Crippen LogP contribution in [0.3, 0.4) is 0 Å². The molecule has 1 N–H and O–H groups in total. The molecule has 0 saturated carbocycles. The maximum absolute atomic E-state index is 5.67. The molecule has 2 unspecified atom stereocenters. The molecule has 20 heavy (non-hydrogen) atoms. The lowest BCUT2D eigenvalue weighted by atomic mass is 9.99. The molecule has 0 radical (unpaired) electrons. The quantitative estimate of drug-likeness (QED) is 0.896. The van der Waals surface area contributed by atoms with Crippen molar-refractivity contribution in [2.45, 2.75) is 44.2 Å². The van der Waals surface area contributed by atoms with E-state index in [1.54, 1.807) is 18.2 Å². The first-order chi connectivity index (χ1) is 9.72. The first-order valence-electron chi connectivity index (χ1n) is 7.70. The summed E-state index contributed by atoms with van der Waals surface area (Å²) in [7, 11) is 1.79. The predicted molar refractivity (Wildman–Crippen MR) is 80.1 cm³/mol. The van der Waals surface area contributed by atoms with Crippen molar-refractivity contribution in [3.8, 4) is 0 Å². The van der Waals surface area contributed by atoms with E-state index in [2.05, 4.69) is 30.4 Å². The summed E-state index contributed by atoms with van der Waals surface area (Å²) in [6.45, 7) is 4.59. The van der Waals surface area contributed by atoms with Crippen molar-refractivity contribution >= 4 is 0 Å². The molecule has 0 aromatic heterocycles. The predicted octanol–water partition coefficient (Wildman–Crippen LogP) is 2.63. The van der Waals surface area contributed by atoms with E-state index in [4.69, 9.17) is 9.47 Å². The third-order valence-electron chi connectivity index (χ3n) is 4.85. The Hall–Kier alpha value is -0.900. The van der Waals surface area contributed by atoms with Gasteiger partial charge in [0, 0.05) is 32.7 Å². The zero-order chi connectivity index (χ0) is 14.0. The Labute approximate surface area is 121 Å². The van der Waals surface area contributed by atoms with Gasteiger partial charge in [0.25, 0.3) is 0 Å². The smallest absolute Gasteiger partial charge is 0.106 e. The van der Waals surface area contributed by atoms with Gasteiger partial charge in [-0.3, -0.25) is 0 Å². The van der Waals surface area contributed by atoms with Crippen LogP contribution in [0.25, 0.3) is 0 Å². The molecule has 1 aliphatic heterocycles. The molecule has 1 heterocycles. The number of fused-ring (bicyclic) bond motifs is 1. The van der Waals surface area contributed by atoms with E-state index in [0.29, 0.717) is 12.6 Å². The highest BCUT2D eigenvalue weighted by Crippen LogP contribution is 2.26. The lowest BCUT2D eigenvalue weighted by Crippen LogP contribution is -2.43. The van der Waals surface area contributed by atoms with E-state index < -0.39 is 0 Å². The van der Waals surface area contributed by atoms with Gasteiger partial charge in [-0.15, -0.1) is 0 Å². The van der Waals surface area contributed by atoms with Crippen molar-refractivity contribution in [2.24, 2.45) is 0 Å². The summed E-state index contributed by atoms with van der Waals surface area (Å²) in [5.41, 5.74) is 4.33. The number of hydrogen-bond acceptors (Lipinski definition) is 3. The molecule has 0 bridgehead atoms. The first kappa shape index (κ1) is 14.1. The summed E-state index contributed by atoms with van der Waals surface area (Å²) in [5, 5.41) is 3.62. The van der Waals surface area contributed by atoms with Gasteiger partial charge >= 0.3 is 0 Å². The Morgan fingerprint density at radius 2 is 2.20 bits per heavy atom. The molecule has 1 aliphatic carbocycles. The molecular formula is C17H25NO2. The van der Waals surface area contributed by atoms with Gasteiger partial charge in [0.2, 0.25) is 0 Å². The van der Waals surface area contributed by atoms with Crippen molar-refractivity contribution in [1.29, 1.82) is 0 Å². The number of nitrogens with one attached hydrogen (secondary N) is 1. The Morgan fingerprint density at radius 1 is 1.35 bits per heavy atom. The fourth-order valence-electron chi connectivity index (χ4n) is 3.28. The maximum Gasteiger partial charge on any atom is 0.106 e. The molecule has 0 spiro atoms. The molecule has 1 saturated heterocycles. The Bertz CT molecular complexity index is 466. The third-order valence-corrected chi connectivity index (χ3v) is 4.85. The topological polar surface area (TPSA) is 30.5 Å². The molecule has 1 aromatic rings. The van der Waals surface area contributed by atoms with E-state index in [9.17, 15) is 0 Å². The van der Waals surface area contributed by atoms with Crippen LogP contribution < -0.4 is 5.32 Å². The van der Waals surface area contributed by atoms with Gasteiger partial charge in [-0.1, -0.05) is 18.2 Å². The van der Waals surface area contributed by atoms with Gasteiger partial charge in [-0.05, 0) is 42.9 Å². The average Bonchev–Trinajstić information content (AvgIpc) is 3.13. The zero-order valence-electron chi connectivity index (χ0n) is 12.6. The first-order valence-corrected chi connectivity index (χ1v) is 7.70. The van der Waals surface area contributed by atoms with E-state index in [1.165, 1.54) is 24.8 Å². The number of aryl methyl sites for hydroxylation is 2. The summed E-state index contributed by atoms with van der Waals surface area (Å²) in [5.74, 6) is 0. The molecule has 110 valence electrons. The second kappa shape index (κ2) is 5.84. The molecular weight excluding hydrogens is 250 g/mol. The van der Waals surface area contributed by atoms with Gasteiger partial charge < -0.3 is 14.8 Å². The Morgan fingerprint density at radius 3 is 2.95 bits per heavy atom. The SMILES string of the molecule is COC1(CNC(C)c2ccc3c(c2)CCC3)CCOC1. The van der Waals surface area contributed by atoms with Crippen molar-refractivity contribution in [2.75, 3.05) is 26.9 Å². The summed E-state index contributed by atoms with van der Waals surface area (Å²) in [6, 6.07) is 7.31. The Balaban J connectivity index is 1.63. The highest BCUT2D eigenvalue weighted by Gasteiger charge is 2.35. The maximum atomic E-state index is 5.67. The van der Waals surface area contributed by atoms with Gasteiger partial charge in [-0.25, -0.2) is 0 Å². The van der Waals surface area contributed by atoms with Crippen LogP contribution in [0.5, 0.6) is 0 Å². The lowest BCUT2D eigenvalue weighted by Gasteiger charge is -2.28. The summed E-state index contributed by atoms with van der Waals surface area (Å²) < 4.78 is 11.2. The van der Waals surface area contributed by atoms with E-state index >= 15 is 0 Å². The molecule has 0 amide bonds. The van der Waals surface area contributed by atoms with Crippen molar-refractivity contribution < 1.29 is 9.47 Å². The van der Waals surface area contributed by atoms with E-state index in [-0.39, 0.29) is 5.60 Å². The van der Waals surface area contributed by atoms with Crippen LogP contribution in [0.4, 0.5) is 0 Å². The van der Waals surface area contributed by atoms with Crippen molar-refractivity contribution in [3.63, 3.8) is 0 Å².